The highest BCUT2D eigenvalue weighted by Gasteiger charge is 2.59. The van der Waals surface area contributed by atoms with Crippen molar-refractivity contribution >= 4 is 38.3 Å². The van der Waals surface area contributed by atoms with E-state index < -0.39 is 26.8 Å². The summed E-state index contributed by atoms with van der Waals surface area (Å²) >= 11 is 6.05. The minimum absolute atomic E-state index is 0.0122. The van der Waals surface area contributed by atoms with E-state index in [1.54, 1.807) is 24.3 Å². The summed E-state index contributed by atoms with van der Waals surface area (Å²) in [5.74, 6) is 0.500. The first-order valence-corrected chi connectivity index (χ1v) is 13.6. The normalized spacial score (nSPS) is 31.5. The molecule has 1 aromatic carbocycles. The zero-order valence-electron chi connectivity index (χ0n) is 18.9. The average Bonchev–Trinajstić information content (AvgIpc) is 3.16. The third-order valence-electron chi connectivity index (χ3n) is 7.13. The molecule has 1 amide bonds. The van der Waals surface area contributed by atoms with Crippen LogP contribution in [-0.2, 0) is 15.3 Å². The molecule has 1 unspecified atom stereocenters. The summed E-state index contributed by atoms with van der Waals surface area (Å²) in [5.41, 5.74) is 12.3. The van der Waals surface area contributed by atoms with Crippen LogP contribution in [0.15, 0.2) is 56.4 Å². The number of hydrogen-bond acceptors (Lipinski definition) is 8. The van der Waals surface area contributed by atoms with Gasteiger partial charge in [-0.3, -0.25) is 4.79 Å². The van der Waals surface area contributed by atoms with Gasteiger partial charge in [-0.15, -0.1) is 0 Å². The quantitative estimate of drug-likeness (QED) is 0.286. The van der Waals surface area contributed by atoms with E-state index in [4.69, 9.17) is 36.7 Å². The number of nitrogens with one attached hydrogen (secondary N) is 2. The molecule has 11 heteroatoms. The molecule has 0 aliphatic heterocycles. The van der Waals surface area contributed by atoms with E-state index in [1.807, 2.05) is 6.08 Å². The van der Waals surface area contributed by atoms with E-state index in [2.05, 4.69) is 10.3 Å². The number of nitrogens with zero attached hydrogens (tertiary/aromatic N) is 1. The van der Waals surface area contributed by atoms with Crippen molar-refractivity contribution in [2.45, 2.75) is 48.4 Å². The number of furan rings is 1. The Morgan fingerprint density at radius 2 is 1.94 bits per heavy atom. The Morgan fingerprint density at radius 3 is 2.69 bits per heavy atom. The van der Waals surface area contributed by atoms with E-state index >= 15 is 0 Å². The summed E-state index contributed by atoms with van der Waals surface area (Å²) in [4.78, 5) is 17.4. The molecule has 3 aromatic rings. The number of carbonyl (C=O) groups is 1. The third-order valence-corrected chi connectivity index (χ3v) is 9.18. The molecule has 2 aromatic heterocycles. The van der Waals surface area contributed by atoms with Crippen molar-refractivity contribution in [1.29, 1.82) is 4.78 Å². The second-order valence-corrected chi connectivity index (χ2v) is 12.9. The molecule has 184 valence electrons. The number of benzene rings is 1. The first kappa shape index (κ1) is 22.8. The second kappa shape index (κ2) is 7.42. The van der Waals surface area contributed by atoms with Gasteiger partial charge in [0, 0.05) is 10.8 Å². The Bertz CT molecular complexity index is 1480. The lowest BCUT2D eigenvalue weighted by Crippen LogP contribution is -2.59. The number of carbonyl (C=O) groups excluding carboxylic acids is 1. The van der Waals surface area contributed by atoms with Crippen LogP contribution in [0.1, 0.15) is 48.5 Å². The van der Waals surface area contributed by atoms with E-state index in [1.165, 1.54) is 12.1 Å². The molecular weight excluding hydrogens is 490 g/mol. The van der Waals surface area contributed by atoms with Gasteiger partial charge in [0.2, 0.25) is 5.89 Å². The van der Waals surface area contributed by atoms with E-state index in [-0.39, 0.29) is 22.0 Å². The zero-order chi connectivity index (χ0) is 24.6. The van der Waals surface area contributed by atoms with Crippen LogP contribution in [0.5, 0.6) is 0 Å². The molecule has 0 saturated heterocycles. The average molecular weight is 516 g/mol. The van der Waals surface area contributed by atoms with Crippen LogP contribution in [0.3, 0.4) is 0 Å². The fourth-order valence-electron chi connectivity index (χ4n) is 5.42. The van der Waals surface area contributed by atoms with Crippen LogP contribution < -0.4 is 16.8 Å². The predicted molar refractivity (Wildman–Crippen MR) is 130 cm³/mol. The van der Waals surface area contributed by atoms with Gasteiger partial charge < -0.3 is 25.6 Å². The second-order valence-electron chi connectivity index (χ2n) is 10.4. The van der Waals surface area contributed by atoms with Gasteiger partial charge in [0.15, 0.2) is 16.4 Å². The highest BCUT2D eigenvalue weighted by Crippen LogP contribution is 2.59. The van der Waals surface area contributed by atoms with Crippen molar-refractivity contribution in [3.05, 3.63) is 59.2 Å². The van der Waals surface area contributed by atoms with Crippen LogP contribution in [0.25, 0.3) is 11.1 Å². The molecule has 0 bridgehead atoms. The fourth-order valence-corrected chi connectivity index (χ4v) is 7.26. The molecule has 3 aliphatic rings. The van der Waals surface area contributed by atoms with Gasteiger partial charge in [-0.2, -0.15) is 0 Å². The number of halogens is 1. The molecule has 2 saturated carbocycles. The van der Waals surface area contributed by atoms with Gasteiger partial charge in [0.25, 0.3) is 5.91 Å². The largest absolute Gasteiger partial charge is 0.441 e. The summed E-state index contributed by atoms with van der Waals surface area (Å²) in [6.07, 6.45) is 7.34. The Labute approximate surface area is 207 Å². The van der Waals surface area contributed by atoms with Gasteiger partial charge in [0.1, 0.15) is 20.9 Å². The molecule has 1 spiro atoms. The SMILES string of the molecule is N=S(=O)(CC1CC1)c1ccc(C(=O)N[C@@]2(N)C=CC3(CC(N)(c4nc5cc(Cl)ccc5o4)C3)C2)o1. The minimum atomic E-state index is -3.05. The smallest absolute Gasteiger partial charge is 0.288 e. The van der Waals surface area contributed by atoms with Crippen LogP contribution in [0, 0.1) is 16.1 Å². The van der Waals surface area contributed by atoms with Crippen molar-refractivity contribution < 1.29 is 17.8 Å². The molecule has 2 heterocycles. The first-order chi connectivity index (χ1) is 16.5. The molecular formula is C24H26ClN5O4S. The molecule has 6 N–H and O–H groups in total. The Kier molecular flexibility index (Phi) is 4.83. The zero-order valence-corrected chi connectivity index (χ0v) is 20.5. The number of allylic oxidation sites excluding steroid dienone is 1. The van der Waals surface area contributed by atoms with Crippen LogP contribution in [0.2, 0.25) is 5.02 Å². The molecule has 6 rings (SSSR count). The highest BCUT2D eigenvalue weighted by atomic mass is 35.5. The Morgan fingerprint density at radius 1 is 1.17 bits per heavy atom. The number of rotatable bonds is 6. The molecule has 9 nitrogen and oxygen atoms in total. The van der Waals surface area contributed by atoms with Crippen molar-refractivity contribution in [3.63, 3.8) is 0 Å². The van der Waals surface area contributed by atoms with Crippen LogP contribution in [0.4, 0.5) is 0 Å². The summed E-state index contributed by atoms with van der Waals surface area (Å²) < 4.78 is 32.2. The van der Waals surface area contributed by atoms with E-state index in [0.29, 0.717) is 47.2 Å². The molecule has 2 atom stereocenters. The van der Waals surface area contributed by atoms with Crippen LogP contribution in [-0.4, -0.2) is 26.5 Å². The van der Waals surface area contributed by atoms with Gasteiger partial charge in [-0.1, -0.05) is 17.7 Å². The van der Waals surface area contributed by atoms with Gasteiger partial charge in [-0.25, -0.2) is 14.0 Å². The predicted octanol–water partition coefficient (Wildman–Crippen LogP) is 3.87. The van der Waals surface area contributed by atoms with Crippen molar-refractivity contribution in [2.24, 2.45) is 22.8 Å². The first-order valence-electron chi connectivity index (χ1n) is 11.5. The van der Waals surface area contributed by atoms with E-state index in [0.717, 1.165) is 12.8 Å². The summed E-state index contributed by atoms with van der Waals surface area (Å²) in [7, 11) is -3.05. The maximum atomic E-state index is 12.8. The van der Waals surface area contributed by atoms with Crippen molar-refractivity contribution in [1.82, 2.24) is 10.3 Å². The maximum absolute atomic E-state index is 12.8. The van der Waals surface area contributed by atoms with Crippen LogP contribution >= 0.6 is 11.6 Å². The van der Waals surface area contributed by atoms with Crippen molar-refractivity contribution in [2.75, 3.05) is 5.75 Å². The lowest BCUT2D eigenvalue weighted by Gasteiger charge is -2.51. The van der Waals surface area contributed by atoms with Gasteiger partial charge >= 0.3 is 0 Å². The summed E-state index contributed by atoms with van der Waals surface area (Å²) in [6, 6.07) is 8.14. The lowest BCUT2D eigenvalue weighted by atomic mass is 9.57. The monoisotopic (exact) mass is 515 g/mol. The number of aromatic nitrogens is 1. The summed E-state index contributed by atoms with van der Waals surface area (Å²) in [5, 5.41) is 3.43. The number of oxazole rings is 1. The van der Waals surface area contributed by atoms with E-state index in [9.17, 15) is 9.00 Å². The van der Waals surface area contributed by atoms with Gasteiger partial charge in [0.05, 0.1) is 5.54 Å². The number of amides is 1. The van der Waals surface area contributed by atoms with Gasteiger partial charge in [-0.05, 0) is 79.8 Å². The Balaban J connectivity index is 1.12. The van der Waals surface area contributed by atoms with Crippen molar-refractivity contribution in [3.8, 4) is 0 Å². The topological polar surface area (TPSA) is 161 Å². The Hall–Kier alpha value is -2.66. The molecule has 0 radical (unpaired) electrons. The maximum Gasteiger partial charge on any atom is 0.288 e. The highest BCUT2D eigenvalue weighted by molar-refractivity contribution is 7.92. The standard InChI is InChI=1S/C24H26ClN5O4S/c25-15-3-4-17-16(9-15)29-21(34-17)23(26)11-22(12-23)7-8-24(27,13-22)30-20(31)18-5-6-19(33-18)35(28,32)10-14-1-2-14/h3-9,14,28H,1-2,10-13,26-27H2,(H,30,31)/t22?,23?,24-,35?/m0/s1. The molecule has 3 aliphatic carbocycles. The third kappa shape index (κ3) is 4.08. The minimum Gasteiger partial charge on any atom is -0.441 e. The number of fused-ring (bicyclic) bond motifs is 1. The fraction of sp³-hybridized carbons (Fsp3) is 0.417. The number of nitrogens with two attached hydrogens (primary N) is 2. The molecule has 35 heavy (non-hydrogen) atoms. The summed E-state index contributed by atoms with van der Waals surface area (Å²) in [6.45, 7) is 0. The lowest BCUT2D eigenvalue weighted by molar-refractivity contribution is 0.0356. The number of hydrogen-bond donors (Lipinski definition) is 4. The molecule has 2 fully saturated rings.